The minimum Gasteiger partial charge on any atom is -0.388 e. The molecule has 0 amide bonds. The first-order chi connectivity index (χ1) is 10.6. The summed E-state index contributed by atoms with van der Waals surface area (Å²) in [5.74, 6) is 0.936. The molecule has 128 valence electrons. The zero-order chi connectivity index (χ0) is 16.0. The number of guanidine groups is 1. The first-order valence-electron chi connectivity index (χ1n) is 9.04. The number of rotatable bonds is 6. The average Bonchev–Trinajstić information content (AvgIpc) is 3.12. The lowest BCUT2D eigenvalue weighted by Gasteiger charge is -2.30. The van der Waals surface area contributed by atoms with E-state index in [4.69, 9.17) is 4.99 Å². The first kappa shape index (κ1) is 17.5. The van der Waals surface area contributed by atoms with Crippen molar-refractivity contribution in [3.05, 3.63) is 0 Å². The fourth-order valence-corrected chi connectivity index (χ4v) is 3.80. The molecule has 2 rings (SSSR count). The molecular weight excluding hydrogens is 276 g/mol. The van der Waals surface area contributed by atoms with Crippen LogP contribution in [0.25, 0.3) is 0 Å². The maximum Gasteiger partial charge on any atom is 0.193 e. The summed E-state index contributed by atoms with van der Waals surface area (Å²) in [5, 5.41) is 13.9. The molecule has 2 N–H and O–H groups in total. The Morgan fingerprint density at radius 1 is 1.32 bits per heavy atom. The molecule has 2 fully saturated rings. The molecule has 0 aromatic rings. The number of likely N-dealkylation sites (N-methyl/N-ethyl adjacent to an activating group) is 2. The second-order valence-corrected chi connectivity index (χ2v) is 6.91. The van der Waals surface area contributed by atoms with Crippen LogP contribution in [0.3, 0.4) is 0 Å². The van der Waals surface area contributed by atoms with Gasteiger partial charge in [0.2, 0.25) is 0 Å². The molecule has 22 heavy (non-hydrogen) atoms. The van der Waals surface area contributed by atoms with Crippen LogP contribution in [0, 0.1) is 0 Å². The molecular formula is C17H34N4O. The summed E-state index contributed by atoms with van der Waals surface area (Å²) in [6.07, 6.45) is 6.64. The fraction of sp³-hybridized carbons (Fsp3) is 0.941. The molecule has 5 heteroatoms. The fourth-order valence-electron chi connectivity index (χ4n) is 3.80. The van der Waals surface area contributed by atoms with Crippen LogP contribution >= 0.6 is 0 Å². The first-order valence-corrected chi connectivity index (χ1v) is 9.04. The summed E-state index contributed by atoms with van der Waals surface area (Å²) in [6, 6.07) is 0.633. The zero-order valence-corrected chi connectivity index (χ0v) is 14.6. The van der Waals surface area contributed by atoms with Gasteiger partial charge in [0.15, 0.2) is 5.96 Å². The highest BCUT2D eigenvalue weighted by Gasteiger charge is 2.31. The monoisotopic (exact) mass is 310 g/mol. The third-order valence-electron chi connectivity index (χ3n) is 5.14. The summed E-state index contributed by atoms with van der Waals surface area (Å²) in [5.41, 5.74) is -0.565. The van der Waals surface area contributed by atoms with Crippen LogP contribution in [0.15, 0.2) is 4.99 Å². The van der Waals surface area contributed by atoms with E-state index in [9.17, 15) is 5.11 Å². The summed E-state index contributed by atoms with van der Waals surface area (Å²) in [7, 11) is 2.12. The van der Waals surface area contributed by atoms with Gasteiger partial charge in [-0.2, -0.15) is 0 Å². The number of hydrogen-bond donors (Lipinski definition) is 2. The van der Waals surface area contributed by atoms with Crippen molar-refractivity contribution >= 4 is 5.96 Å². The van der Waals surface area contributed by atoms with E-state index < -0.39 is 5.60 Å². The quantitative estimate of drug-likeness (QED) is 0.579. The number of aliphatic imine (C=N–C) groups is 1. The molecule has 0 aromatic heterocycles. The third-order valence-corrected chi connectivity index (χ3v) is 5.14. The van der Waals surface area contributed by atoms with E-state index in [2.05, 4.69) is 36.0 Å². The van der Waals surface area contributed by atoms with Crippen LogP contribution in [-0.2, 0) is 0 Å². The van der Waals surface area contributed by atoms with Crippen molar-refractivity contribution in [2.75, 3.05) is 39.8 Å². The SMILES string of the molecule is CCNC(=NCC1(O)CCCC1)N(C)CC1CCCN1CC. The van der Waals surface area contributed by atoms with Gasteiger partial charge in [-0.05, 0) is 45.7 Å². The molecule has 1 aliphatic carbocycles. The van der Waals surface area contributed by atoms with Gasteiger partial charge >= 0.3 is 0 Å². The van der Waals surface area contributed by atoms with Crippen molar-refractivity contribution in [3.63, 3.8) is 0 Å². The lowest BCUT2D eigenvalue weighted by molar-refractivity contribution is 0.0571. The number of nitrogens with zero attached hydrogens (tertiary/aromatic N) is 3. The molecule has 1 atom stereocenters. The van der Waals surface area contributed by atoms with Crippen molar-refractivity contribution in [1.82, 2.24) is 15.1 Å². The van der Waals surface area contributed by atoms with Crippen LogP contribution in [0.4, 0.5) is 0 Å². The van der Waals surface area contributed by atoms with Gasteiger partial charge in [-0.25, -0.2) is 0 Å². The molecule has 0 bridgehead atoms. The van der Waals surface area contributed by atoms with Gasteiger partial charge in [-0.15, -0.1) is 0 Å². The van der Waals surface area contributed by atoms with E-state index >= 15 is 0 Å². The number of aliphatic hydroxyl groups is 1. The van der Waals surface area contributed by atoms with Crippen molar-refractivity contribution in [2.45, 2.75) is 64.0 Å². The standard InChI is InChI=1S/C17H34N4O/c1-4-18-16(19-14-17(22)10-6-7-11-17)20(3)13-15-9-8-12-21(15)5-2/h15,22H,4-14H2,1-3H3,(H,18,19). The van der Waals surface area contributed by atoms with E-state index in [1.807, 2.05) is 0 Å². The highest BCUT2D eigenvalue weighted by atomic mass is 16.3. The van der Waals surface area contributed by atoms with E-state index in [1.165, 1.54) is 19.4 Å². The van der Waals surface area contributed by atoms with Gasteiger partial charge in [0.1, 0.15) is 0 Å². The molecule has 1 aliphatic heterocycles. The maximum absolute atomic E-state index is 10.5. The molecule has 1 unspecified atom stereocenters. The predicted octanol–water partition coefficient (Wildman–Crippen LogP) is 1.67. The Morgan fingerprint density at radius 2 is 2.05 bits per heavy atom. The summed E-state index contributed by atoms with van der Waals surface area (Å²) >= 11 is 0. The Morgan fingerprint density at radius 3 is 2.68 bits per heavy atom. The molecule has 1 heterocycles. The Hall–Kier alpha value is -0.810. The van der Waals surface area contributed by atoms with Crippen LogP contribution in [0.2, 0.25) is 0 Å². The second kappa shape index (κ2) is 8.16. The lowest BCUT2D eigenvalue weighted by atomic mass is 10.0. The second-order valence-electron chi connectivity index (χ2n) is 6.91. The zero-order valence-electron chi connectivity index (χ0n) is 14.6. The molecule has 1 saturated heterocycles. The Labute approximate surface area is 135 Å². The van der Waals surface area contributed by atoms with E-state index in [-0.39, 0.29) is 0 Å². The van der Waals surface area contributed by atoms with Crippen molar-refractivity contribution in [1.29, 1.82) is 0 Å². The molecule has 1 saturated carbocycles. The van der Waals surface area contributed by atoms with Crippen LogP contribution < -0.4 is 5.32 Å². The third kappa shape index (κ3) is 4.59. The van der Waals surface area contributed by atoms with Crippen LogP contribution in [-0.4, -0.2) is 72.3 Å². The van der Waals surface area contributed by atoms with Crippen LogP contribution in [0.1, 0.15) is 52.4 Å². The highest BCUT2D eigenvalue weighted by Crippen LogP contribution is 2.29. The molecule has 0 aromatic carbocycles. The molecule has 0 spiro atoms. The number of nitrogens with one attached hydrogen (secondary N) is 1. The van der Waals surface area contributed by atoms with Gasteiger partial charge in [0, 0.05) is 26.2 Å². The van der Waals surface area contributed by atoms with Gasteiger partial charge in [-0.1, -0.05) is 19.8 Å². The minimum absolute atomic E-state index is 0.530. The number of likely N-dealkylation sites (tertiary alicyclic amines) is 1. The largest absolute Gasteiger partial charge is 0.388 e. The van der Waals surface area contributed by atoms with Gasteiger partial charge in [-0.3, -0.25) is 9.89 Å². The number of hydrogen-bond acceptors (Lipinski definition) is 3. The van der Waals surface area contributed by atoms with Gasteiger partial charge < -0.3 is 15.3 Å². The highest BCUT2D eigenvalue weighted by molar-refractivity contribution is 5.79. The summed E-state index contributed by atoms with van der Waals surface area (Å²) < 4.78 is 0. The normalized spacial score (nSPS) is 25.6. The Bertz CT molecular complexity index is 366. The summed E-state index contributed by atoms with van der Waals surface area (Å²) in [4.78, 5) is 9.52. The molecule has 0 radical (unpaired) electrons. The molecule has 5 nitrogen and oxygen atoms in total. The van der Waals surface area contributed by atoms with E-state index in [1.54, 1.807) is 0 Å². The van der Waals surface area contributed by atoms with Gasteiger partial charge in [0.25, 0.3) is 0 Å². The predicted molar refractivity (Wildman–Crippen MR) is 92.3 cm³/mol. The Kier molecular flexibility index (Phi) is 6.50. The van der Waals surface area contributed by atoms with Crippen molar-refractivity contribution < 1.29 is 5.11 Å². The van der Waals surface area contributed by atoms with Gasteiger partial charge in [0.05, 0.1) is 12.1 Å². The van der Waals surface area contributed by atoms with Crippen molar-refractivity contribution in [3.8, 4) is 0 Å². The lowest BCUT2D eigenvalue weighted by Crippen LogP contribution is -2.46. The van der Waals surface area contributed by atoms with Crippen molar-refractivity contribution in [2.24, 2.45) is 4.99 Å². The Balaban J connectivity index is 1.93. The van der Waals surface area contributed by atoms with E-state index in [0.29, 0.717) is 12.6 Å². The summed E-state index contributed by atoms with van der Waals surface area (Å²) in [6.45, 7) is 9.10. The minimum atomic E-state index is -0.565. The molecule has 2 aliphatic rings. The van der Waals surface area contributed by atoms with E-state index in [0.717, 1.165) is 51.3 Å². The topological polar surface area (TPSA) is 51.1 Å². The van der Waals surface area contributed by atoms with Crippen LogP contribution in [0.5, 0.6) is 0 Å². The average molecular weight is 310 g/mol. The maximum atomic E-state index is 10.5. The smallest absolute Gasteiger partial charge is 0.193 e.